The number of furan rings is 1. The third-order valence-electron chi connectivity index (χ3n) is 14.8. The Morgan fingerprint density at radius 1 is 0.457 bits per heavy atom. The predicted molar refractivity (Wildman–Crippen MR) is 299 cm³/mol. The second-order valence-electron chi connectivity index (χ2n) is 21.6. The van der Waals surface area contributed by atoms with Crippen molar-refractivity contribution in [2.45, 2.75) is 73.1 Å². The van der Waals surface area contributed by atoms with Crippen LogP contribution in [0.2, 0.25) is 0 Å². The first-order chi connectivity index (χ1) is 33.7. The van der Waals surface area contributed by atoms with Crippen LogP contribution in [0.5, 0.6) is 0 Å². The predicted octanol–water partition coefficient (Wildman–Crippen LogP) is 16.3. The molecule has 0 aliphatic carbocycles. The molecule has 2 aliphatic heterocycles. The summed E-state index contributed by atoms with van der Waals surface area (Å²) < 4.78 is 6.51. The van der Waals surface area contributed by atoms with Gasteiger partial charge in [-0.15, -0.1) is 0 Å². The van der Waals surface area contributed by atoms with Gasteiger partial charge in [0.1, 0.15) is 11.2 Å². The molecule has 342 valence electrons. The molecule has 10 aromatic rings. The molecule has 0 radical (unpaired) electrons. The fourth-order valence-corrected chi connectivity index (χ4v) is 11.3. The Morgan fingerprint density at radius 2 is 1.03 bits per heavy atom. The van der Waals surface area contributed by atoms with Crippen molar-refractivity contribution in [3.8, 4) is 11.1 Å². The molecule has 4 nitrogen and oxygen atoms in total. The van der Waals surface area contributed by atoms with Crippen molar-refractivity contribution in [2.24, 2.45) is 0 Å². The second-order valence-corrected chi connectivity index (χ2v) is 21.6. The first-order valence-electron chi connectivity index (χ1n) is 24.8. The highest BCUT2D eigenvalue weighted by Crippen LogP contribution is 2.48. The molecule has 0 spiro atoms. The number of hydrogen-bond acceptors (Lipinski definition) is 4. The van der Waals surface area contributed by atoms with Crippen LogP contribution in [0.4, 0.5) is 51.2 Å². The van der Waals surface area contributed by atoms with Gasteiger partial charge in [-0.05, 0) is 160 Å². The molecule has 12 rings (SSSR count). The lowest BCUT2D eigenvalue weighted by Crippen LogP contribution is -2.61. The first kappa shape index (κ1) is 43.5. The lowest BCUT2D eigenvalue weighted by molar-refractivity contribution is 0.590. The molecule has 0 N–H and O–H groups in total. The summed E-state index contributed by atoms with van der Waals surface area (Å²) in [6.45, 7) is 20.6. The van der Waals surface area contributed by atoms with Crippen LogP contribution in [0.1, 0.15) is 69.4 Å². The number of hydrogen-bond donors (Lipinski definition) is 0. The molecule has 5 heteroatoms. The van der Waals surface area contributed by atoms with Gasteiger partial charge in [0.15, 0.2) is 0 Å². The minimum Gasteiger partial charge on any atom is -0.455 e. The summed E-state index contributed by atoms with van der Waals surface area (Å²) in [5.41, 5.74) is 24.8. The molecule has 3 heterocycles. The molecule has 0 amide bonds. The van der Waals surface area contributed by atoms with Crippen molar-refractivity contribution in [1.29, 1.82) is 0 Å². The van der Waals surface area contributed by atoms with E-state index in [1.54, 1.807) is 0 Å². The third kappa shape index (κ3) is 7.05. The summed E-state index contributed by atoms with van der Waals surface area (Å²) in [5.74, 6) is 0. The zero-order valence-electron chi connectivity index (χ0n) is 41.7. The minimum absolute atomic E-state index is 0.0423. The topological polar surface area (TPSA) is 22.9 Å². The molecule has 2 aliphatic rings. The van der Waals surface area contributed by atoms with E-state index in [1.807, 2.05) is 6.07 Å². The molecule has 70 heavy (non-hydrogen) atoms. The average Bonchev–Trinajstić information content (AvgIpc) is 3.73. The Balaban J connectivity index is 1.09. The van der Waals surface area contributed by atoms with E-state index in [4.69, 9.17) is 4.42 Å². The molecule has 0 bridgehead atoms. The van der Waals surface area contributed by atoms with Crippen LogP contribution < -0.4 is 31.1 Å². The van der Waals surface area contributed by atoms with Crippen molar-refractivity contribution >= 4 is 96.2 Å². The SMILES string of the molecule is Cc1cc2c3c(c1)N(c1c(C)cccc1C)c1ccc(N(c4ccccc4)c4ccc(-c5cccc6c5oc5ccccc56)cc4)cc1B3c1cc(C(C)(C)C)ccc1N2c1ccc(C(C)(C)C)cc1. The van der Waals surface area contributed by atoms with E-state index in [-0.39, 0.29) is 17.5 Å². The third-order valence-corrected chi connectivity index (χ3v) is 14.8. The molecule has 0 atom stereocenters. The molecule has 0 fully saturated rings. The van der Waals surface area contributed by atoms with Gasteiger partial charge in [-0.25, -0.2) is 0 Å². The van der Waals surface area contributed by atoms with Gasteiger partial charge in [0.2, 0.25) is 0 Å². The maximum atomic E-state index is 6.51. The summed E-state index contributed by atoms with van der Waals surface area (Å²) in [5, 5.41) is 2.27. The number of para-hydroxylation sites is 4. The van der Waals surface area contributed by atoms with Gasteiger partial charge in [0.25, 0.3) is 6.71 Å². The van der Waals surface area contributed by atoms with Crippen LogP contribution in [0.15, 0.2) is 192 Å². The fourth-order valence-electron chi connectivity index (χ4n) is 11.3. The van der Waals surface area contributed by atoms with Crippen LogP contribution in [0, 0.1) is 20.8 Å². The van der Waals surface area contributed by atoms with E-state index < -0.39 is 0 Å². The van der Waals surface area contributed by atoms with Crippen LogP contribution in [0.25, 0.3) is 33.1 Å². The lowest BCUT2D eigenvalue weighted by atomic mass is 9.33. The van der Waals surface area contributed by atoms with Crippen LogP contribution in [-0.2, 0) is 10.8 Å². The molecule has 0 unspecified atom stereocenters. The van der Waals surface area contributed by atoms with Gasteiger partial charge in [0.05, 0.1) is 5.69 Å². The molecular weight excluding hydrogens is 850 g/mol. The number of aryl methyl sites for hydroxylation is 3. The van der Waals surface area contributed by atoms with E-state index in [0.717, 1.165) is 55.8 Å². The van der Waals surface area contributed by atoms with E-state index in [9.17, 15) is 0 Å². The number of benzene rings is 9. The lowest BCUT2D eigenvalue weighted by Gasteiger charge is -2.45. The monoisotopic (exact) mass is 907 g/mol. The minimum atomic E-state index is -0.0551. The zero-order chi connectivity index (χ0) is 48.2. The molecule has 9 aromatic carbocycles. The Hall–Kier alpha value is -7.76. The normalized spacial score (nSPS) is 13.1. The van der Waals surface area contributed by atoms with Crippen molar-refractivity contribution in [2.75, 3.05) is 14.7 Å². The highest BCUT2D eigenvalue weighted by molar-refractivity contribution is 7.00. The van der Waals surface area contributed by atoms with Gasteiger partial charge in [-0.3, -0.25) is 0 Å². The van der Waals surface area contributed by atoms with Gasteiger partial charge < -0.3 is 19.1 Å². The Labute approximate surface area is 413 Å². The van der Waals surface area contributed by atoms with Crippen LogP contribution in [-0.4, -0.2) is 6.71 Å². The van der Waals surface area contributed by atoms with E-state index in [1.165, 1.54) is 72.6 Å². The number of fused-ring (bicyclic) bond motifs is 7. The molecular formula is C65H58BN3O. The van der Waals surface area contributed by atoms with Crippen LogP contribution in [0.3, 0.4) is 0 Å². The second kappa shape index (κ2) is 16.2. The Kier molecular flexibility index (Phi) is 10.1. The van der Waals surface area contributed by atoms with Crippen molar-refractivity contribution in [1.82, 2.24) is 0 Å². The summed E-state index contributed by atoms with van der Waals surface area (Å²) in [6.07, 6.45) is 0. The largest absolute Gasteiger partial charge is 0.455 e. The highest BCUT2D eigenvalue weighted by Gasteiger charge is 2.44. The molecule has 1 aromatic heterocycles. The summed E-state index contributed by atoms with van der Waals surface area (Å²) in [4.78, 5) is 7.53. The van der Waals surface area contributed by atoms with Crippen LogP contribution >= 0.6 is 0 Å². The van der Waals surface area contributed by atoms with Gasteiger partial charge >= 0.3 is 0 Å². The van der Waals surface area contributed by atoms with Gasteiger partial charge in [0, 0.05) is 61.8 Å². The first-order valence-corrected chi connectivity index (χ1v) is 24.8. The summed E-state index contributed by atoms with van der Waals surface area (Å²) in [6, 6.07) is 69.9. The maximum Gasteiger partial charge on any atom is 0.252 e. The maximum absolute atomic E-state index is 6.51. The van der Waals surface area contributed by atoms with E-state index in [2.05, 4.69) is 259 Å². The summed E-state index contributed by atoms with van der Waals surface area (Å²) >= 11 is 0. The van der Waals surface area contributed by atoms with E-state index in [0.29, 0.717) is 0 Å². The zero-order valence-corrected chi connectivity index (χ0v) is 41.7. The van der Waals surface area contributed by atoms with E-state index >= 15 is 0 Å². The quantitative estimate of drug-likeness (QED) is 0.155. The van der Waals surface area contributed by atoms with Crippen molar-refractivity contribution in [3.63, 3.8) is 0 Å². The smallest absolute Gasteiger partial charge is 0.252 e. The fraction of sp³-hybridized carbons (Fsp3) is 0.169. The van der Waals surface area contributed by atoms with Crippen molar-refractivity contribution < 1.29 is 4.42 Å². The van der Waals surface area contributed by atoms with Gasteiger partial charge in [-0.1, -0.05) is 151 Å². The standard InChI is InChI=1S/C65H58BN3O/c1-41-37-58-61-59(38-41)69(62-42(2)17-15-18-43(62)3)57-36-34-50(40-55(57)66(61)54-39-46(65(7,8)9)29-35-56(54)68(58)49-32-27-45(28-33-49)64(4,5)6)67(47-19-11-10-12-20-47)48-30-25-44(26-31-48)51-22-16-23-53-52-21-13-14-24-60(52)70-63(51)53/h10-40H,1-9H3. The number of nitrogens with zero attached hydrogens (tertiary/aromatic N) is 3. The summed E-state index contributed by atoms with van der Waals surface area (Å²) in [7, 11) is 0. The average molecular weight is 908 g/mol. The highest BCUT2D eigenvalue weighted by atomic mass is 16.3. The van der Waals surface area contributed by atoms with Gasteiger partial charge in [-0.2, -0.15) is 0 Å². The number of rotatable bonds is 6. The molecule has 0 saturated heterocycles. The van der Waals surface area contributed by atoms with Crippen molar-refractivity contribution in [3.05, 3.63) is 216 Å². The Morgan fingerprint density at radius 3 is 1.74 bits per heavy atom. The Bertz CT molecular complexity index is 3650. The molecule has 0 saturated carbocycles. The number of anilines is 9.